The molecule has 4 heteroatoms. The van der Waals surface area contributed by atoms with E-state index in [0.717, 1.165) is 12.8 Å². The lowest BCUT2D eigenvalue weighted by Crippen LogP contribution is -2.43. The Morgan fingerprint density at radius 3 is 1.90 bits per heavy atom. The van der Waals surface area contributed by atoms with Crippen LogP contribution in [0.15, 0.2) is 0 Å². The smallest absolute Gasteiger partial charge is 0.0989 e. The van der Waals surface area contributed by atoms with Crippen molar-refractivity contribution in [2.45, 2.75) is 102 Å². The summed E-state index contributed by atoms with van der Waals surface area (Å²) < 4.78 is 0. The average Bonchev–Trinajstić information content (AvgIpc) is 2.81. The number of unbranched alkanes of at least 4 members (excludes halogenated alkanes) is 9. The van der Waals surface area contributed by atoms with Gasteiger partial charge >= 0.3 is 0 Å². The molecule has 1 aliphatic rings. The maximum absolute atomic E-state index is 10.0. The molecule has 0 aromatic heterocycles. The quantitative estimate of drug-likeness (QED) is 0.418. The zero-order valence-electron chi connectivity index (χ0n) is 13.6. The average molecular weight is 301 g/mol. The molecular formula is C17H35NO3. The Bertz CT molecular complexity index is 250. The van der Waals surface area contributed by atoms with E-state index in [1.54, 1.807) is 0 Å². The number of hydrogen-bond acceptors (Lipinski definition) is 4. The van der Waals surface area contributed by atoms with Gasteiger partial charge in [-0.05, 0) is 6.42 Å². The van der Waals surface area contributed by atoms with Crippen LogP contribution in [0.1, 0.15) is 77.6 Å². The lowest BCUT2D eigenvalue weighted by atomic mass is 9.99. The van der Waals surface area contributed by atoms with Gasteiger partial charge in [0.05, 0.1) is 24.4 Å². The summed E-state index contributed by atoms with van der Waals surface area (Å²) in [5.74, 6) is 0. The van der Waals surface area contributed by atoms with E-state index in [9.17, 15) is 15.3 Å². The van der Waals surface area contributed by atoms with Crippen LogP contribution in [0.4, 0.5) is 0 Å². The minimum atomic E-state index is -0.830. The zero-order chi connectivity index (χ0) is 15.5. The van der Waals surface area contributed by atoms with Gasteiger partial charge in [-0.1, -0.05) is 71.1 Å². The van der Waals surface area contributed by atoms with Crippen LogP contribution in [0.5, 0.6) is 0 Å². The molecule has 0 amide bonds. The molecule has 126 valence electrons. The van der Waals surface area contributed by atoms with Crippen LogP contribution in [0.2, 0.25) is 0 Å². The molecule has 0 aromatic carbocycles. The molecule has 1 saturated heterocycles. The van der Waals surface area contributed by atoms with Gasteiger partial charge in [-0.3, -0.25) is 0 Å². The van der Waals surface area contributed by atoms with Crippen LogP contribution in [-0.4, -0.2) is 46.2 Å². The molecule has 4 atom stereocenters. The van der Waals surface area contributed by atoms with Crippen LogP contribution in [0.25, 0.3) is 0 Å². The highest BCUT2D eigenvalue weighted by molar-refractivity contribution is 4.94. The highest BCUT2D eigenvalue weighted by atomic mass is 16.3. The van der Waals surface area contributed by atoms with E-state index < -0.39 is 18.3 Å². The van der Waals surface area contributed by atoms with Crippen molar-refractivity contribution in [2.24, 2.45) is 0 Å². The third-order valence-corrected chi connectivity index (χ3v) is 4.59. The lowest BCUT2D eigenvalue weighted by Gasteiger charge is -2.22. The Morgan fingerprint density at radius 1 is 0.905 bits per heavy atom. The number of nitrogens with one attached hydrogen (secondary N) is 1. The first kappa shape index (κ1) is 18.9. The largest absolute Gasteiger partial charge is 0.391 e. The standard InChI is InChI=1S/C17H35NO3/c1-2-3-4-5-6-7-8-9-10-11-12-14(19)16-17(21)15(20)13-18-16/h14-21H,2-13H2,1H3/t14?,15-,16?,17+/m1/s1. The van der Waals surface area contributed by atoms with Gasteiger partial charge in [0.15, 0.2) is 0 Å². The van der Waals surface area contributed by atoms with Gasteiger partial charge < -0.3 is 20.6 Å². The van der Waals surface area contributed by atoms with E-state index >= 15 is 0 Å². The van der Waals surface area contributed by atoms with E-state index in [4.69, 9.17) is 0 Å². The van der Waals surface area contributed by atoms with Crippen molar-refractivity contribution in [3.8, 4) is 0 Å². The van der Waals surface area contributed by atoms with Gasteiger partial charge in [0.25, 0.3) is 0 Å². The zero-order valence-corrected chi connectivity index (χ0v) is 13.6. The Balaban J connectivity index is 1.90. The first-order valence-corrected chi connectivity index (χ1v) is 8.94. The van der Waals surface area contributed by atoms with Crippen LogP contribution in [0, 0.1) is 0 Å². The molecule has 0 bridgehead atoms. The number of aliphatic hydroxyl groups excluding tert-OH is 3. The van der Waals surface area contributed by atoms with Crippen LogP contribution < -0.4 is 5.32 Å². The highest BCUT2D eigenvalue weighted by Crippen LogP contribution is 2.17. The Morgan fingerprint density at radius 2 is 1.43 bits per heavy atom. The molecule has 4 N–H and O–H groups in total. The summed E-state index contributed by atoms with van der Waals surface area (Å²) in [6.45, 7) is 2.62. The number of aliphatic hydroxyl groups is 3. The second-order valence-corrected chi connectivity index (χ2v) is 6.53. The van der Waals surface area contributed by atoms with E-state index in [0.29, 0.717) is 13.0 Å². The van der Waals surface area contributed by atoms with Gasteiger partial charge in [-0.15, -0.1) is 0 Å². The van der Waals surface area contributed by atoms with Crippen molar-refractivity contribution in [1.82, 2.24) is 5.32 Å². The first-order valence-electron chi connectivity index (χ1n) is 8.94. The Kier molecular flexibility index (Phi) is 10.3. The SMILES string of the molecule is CCCCCCCCCCCCC(O)C1NC[C@@H](O)[C@@H]1O. The molecule has 0 aromatic rings. The molecular weight excluding hydrogens is 266 g/mol. The van der Waals surface area contributed by atoms with Crippen molar-refractivity contribution in [1.29, 1.82) is 0 Å². The number of rotatable bonds is 12. The van der Waals surface area contributed by atoms with Crippen LogP contribution in [-0.2, 0) is 0 Å². The Labute approximate surface area is 130 Å². The van der Waals surface area contributed by atoms with E-state index in [1.807, 2.05) is 0 Å². The highest BCUT2D eigenvalue weighted by Gasteiger charge is 2.37. The van der Waals surface area contributed by atoms with Crippen LogP contribution >= 0.6 is 0 Å². The molecule has 1 aliphatic heterocycles. The summed E-state index contributed by atoms with van der Waals surface area (Å²) in [6, 6.07) is -0.362. The summed E-state index contributed by atoms with van der Waals surface area (Å²) in [7, 11) is 0. The van der Waals surface area contributed by atoms with E-state index in [1.165, 1.54) is 51.4 Å². The summed E-state index contributed by atoms with van der Waals surface area (Å²) in [6.07, 6.45) is 11.4. The topological polar surface area (TPSA) is 72.7 Å². The minimum Gasteiger partial charge on any atom is -0.391 e. The maximum Gasteiger partial charge on any atom is 0.0989 e. The normalized spacial score (nSPS) is 27.1. The molecule has 2 unspecified atom stereocenters. The Hall–Kier alpha value is -0.160. The van der Waals surface area contributed by atoms with Crippen LogP contribution in [0.3, 0.4) is 0 Å². The molecule has 1 fully saturated rings. The maximum atomic E-state index is 10.0. The second-order valence-electron chi connectivity index (χ2n) is 6.53. The van der Waals surface area contributed by atoms with Crippen molar-refractivity contribution < 1.29 is 15.3 Å². The predicted octanol–water partition coefficient (Wildman–Crippen LogP) is 2.35. The minimum absolute atomic E-state index is 0.362. The predicted molar refractivity (Wildman–Crippen MR) is 86.3 cm³/mol. The second kappa shape index (κ2) is 11.4. The fourth-order valence-electron chi connectivity index (χ4n) is 3.12. The fraction of sp³-hybridized carbons (Fsp3) is 1.00. The summed E-state index contributed by atoms with van der Waals surface area (Å²) in [4.78, 5) is 0. The monoisotopic (exact) mass is 301 g/mol. The van der Waals surface area contributed by atoms with Gasteiger partial charge in [0.1, 0.15) is 0 Å². The van der Waals surface area contributed by atoms with E-state index in [2.05, 4.69) is 12.2 Å². The van der Waals surface area contributed by atoms with Gasteiger partial charge in [-0.2, -0.15) is 0 Å². The molecule has 21 heavy (non-hydrogen) atoms. The van der Waals surface area contributed by atoms with Crippen molar-refractivity contribution in [3.63, 3.8) is 0 Å². The third-order valence-electron chi connectivity index (χ3n) is 4.59. The van der Waals surface area contributed by atoms with Gasteiger partial charge in [0, 0.05) is 6.54 Å². The molecule has 1 rings (SSSR count). The molecule has 0 aliphatic carbocycles. The van der Waals surface area contributed by atoms with E-state index in [-0.39, 0.29) is 6.04 Å². The fourth-order valence-corrected chi connectivity index (χ4v) is 3.12. The molecule has 0 spiro atoms. The van der Waals surface area contributed by atoms with Crippen molar-refractivity contribution in [2.75, 3.05) is 6.54 Å². The van der Waals surface area contributed by atoms with Crippen molar-refractivity contribution >= 4 is 0 Å². The molecule has 1 heterocycles. The van der Waals surface area contributed by atoms with Crippen molar-refractivity contribution in [3.05, 3.63) is 0 Å². The summed E-state index contributed by atoms with van der Waals surface area (Å²) >= 11 is 0. The summed E-state index contributed by atoms with van der Waals surface area (Å²) in [5.41, 5.74) is 0. The molecule has 0 radical (unpaired) electrons. The number of hydrogen-bond donors (Lipinski definition) is 4. The summed E-state index contributed by atoms with van der Waals surface area (Å²) in [5, 5.41) is 32.2. The third kappa shape index (κ3) is 7.59. The molecule has 4 nitrogen and oxygen atoms in total. The molecule has 0 saturated carbocycles. The lowest BCUT2D eigenvalue weighted by molar-refractivity contribution is 0.00410. The van der Waals surface area contributed by atoms with Gasteiger partial charge in [0.2, 0.25) is 0 Å². The van der Waals surface area contributed by atoms with Gasteiger partial charge in [-0.25, -0.2) is 0 Å². The first-order chi connectivity index (χ1) is 10.2. The number of β-amino-alcohol motifs (C(OH)–C–C–N with tert-alkyl or cyclic N) is 1.